The number of hydrogen-bond donors (Lipinski definition) is 2. The Labute approximate surface area is 207 Å². The van der Waals surface area contributed by atoms with Crippen LogP contribution in [-0.4, -0.2) is 46.0 Å². The van der Waals surface area contributed by atoms with Gasteiger partial charge < -0.3 is 10.2 Å². The molecule has 1 fully saturated rings. The number of carboxylic acids is 1. The fourth-order valence-electron chi connectivity index (χ4n) is 5.69. The minimum absolute atomic E-state index is 0.0431. The molecule has 5 rings (SSSR count). The number of aliphatic carboxylic acids is 1. The predicted octanol–water partition coefficient (Wildman–Crippen LogP) is 4.86. The van der Waals surface area contributed by atoms with Crippen molar-refractivity contribution >= 4 is 29.4 Å². The first-order chi connectivity index (χ1) is 16.9. The highest BCUT2D eigenvalue weighted by Crippen LogP contribution is 2.54. The van der Waals surface area contributed by atoms with Crippen LogP contribution < -0.4 is 0 Å². The maximum Gasteiger partial charge on any atom is 0.312 e. The minimum atomic E-state index is -1.50. The summed E-state index contributed by atoms with van der Waals surface area (Å²) in [5.41, 5.74) is 1.92. The lowest BCUT2D eigenvalue weighted by Crippen LogP contribution is -2.47. The smallest absolute Gasteiger partial charge is 0.312 e. The number of aliphatic hydroxyl groups excluding tert-OH is 1. The fraction of sp³-hybridized carbons (Fsp3) is 0.250. The van der Waals surface area contributed by atoms with Crippen LogP contribution in [0.5, 0.6) is 0 Å². The highest BCUT2D eigenvalue weighted by Gasteiger charge is 2.57. The zero-order valence-electron chi connectivity index (χ0n) is 18.9. The van der Waals surface area contributed by atoms with Gasteiger partial charge in [0, 0.05) is 17.5 Å². The van der Waals surface area contributed by atoms with Crippen LogP contribution in [0.25, 0.3) is 11.1 Å². The van der Waals surface area contributed by atoms with Crippen molar-refractivity contribution in [2.75, 3.05) is 13.2 Å². The Hall–Kier alpha value is -3.48. The zero-order valence-corrected chi connectivity index (χ0v) is 19.6. The van der Waals surface area contributed by atoms with Crippen LogP contribution in [0.3, 0.4) is 0 Å². The molecule has 2 amide bonds. The molecular weight excluding hydrogens is 466 g/mol. The third kappa shape index (κ3) is 3.74. The molecule has 0 bridgehead atoms. The van der Waals surface area contributed by atoms with Crippen LogP contribution in [0.4, 0.5) is 0 Å². The van der Waals surface area contributed by atoms with E-state index in [0.29, 0.717) is 29.0 Å². The topological polar surface area (TPSA) is 94.9 Å². The van der Waals surface area contributed by atoms with Crippen LogP contribution in [0.1, 0.15) is 45.0 Å². The monoisotopic (exact) mass is 489 g/mol. The normalized spacial score (nSPS) is 23.5. The van der Waals surface area contributed by atoms with Crippen molar-refractivity contribution in [1.82, 2.24) is 4.90 Å². The molecule has 3 aromatic carbocycles. The first-order valence-electron chi connectivity index (χ1n) is 11.5. The van der Waals surface area contributed by atoms with Crippen molar-refractivity contribution in [2.45, 2.75) is 18.8 Å². The number of hydrogen-bond acceptors (Lipinski definition) is 4. The predicted molar refractivity (Wildman–Crippen MR) is 131 cm³/mol. The molecule has 1 saturated carbocycles. The quantitative estimate of drug-likeness (QED) is 0.482. The van der Waals surface area contributed by atoms with Gasteiger partial charge >= 0.3 is 5.97 Å². The van der Waals surface area contributed by atoms with E-state index in [9.17, 15) is 24.6 Å². The number of benzene rings is 3. The lowest BCUT2D eigenvalue weighted by atomic mass is 9.69. The second-order valence-electron chi connectivity index (χ2n) is 9.23. The molecule has 178 valence electrons. The average Bonchev–Trinajstić information content (AvgIpc) is 3.36. The molecule has 0 unspecified atom stereocenters. The van der Waals surface area contributed by atoms with Crippen LogP contribution in [0.2, 0.25) is 5.02 Å². The molecule has 35 heavy (non-hydrogen) atoms. The molecule has 3 atom stereocenters. The van der Waals surface area contributed by atoms with E-state index in [1.807, 2.05) is 48.5 Å². The number of carboxylic acid groups (broad SMARTS) is 1. The second-order valence-corrected chi connectivity index (χ2v) is 9.66. The third-order valence-corrected chi connectivity index (χ3v) is 7.84. The first kappa shape index (κ1) is 23.3. The Morgan fingerprint density at radius 1 is 0.886 bits per heavy atom. The molecule has 6 nitrogen and oxygen atoms in total. The summed E-state index contributed by atoms with van der Waals surface area (Å²) in [5.74, 6) is -2.99. The molecule has 1 heterocycles. The SMILES string of the molecule is O=C1c2ccccc2C(=O)N1C[C@@H]1CC[C@@H](c2ccc(-c3ccc(Cl)cc3)cc2)[C@]1(CO)C(=O)O. The molecule has 1 aliphatic carbocycles. The number of fused-ring (bicyclic) bond motifs is 1. The van der Waals surface area contributed by atoms with Crippen molar-refractivity contribution in [3.05, 3.63) is 94.5 Å². The lowest BCUT2D eigenvalue weighted by molar-refractivity contribution is -0.156. The average molecular weight is 490 g/mol. The van der Waals surface area contributed by atoms with E-state index in [0.717, 1.165) is 21.6 Å². The standard InChI is InChI=1S/C28H24ClNO5/c29-21-12-9-18(10-13-21)17-5-7-19(8-6-17)24-14-11-20(28(24,16-31)27(34)35)15-30-25(32)22-3-1-2-4-23(22)26(30)33/h1-10,12-13,20,24,31H,11,14-16H2,(H,34,35)/t20-,24-,28+/m0/s1. The number of nitrogens with zero attached hydrogens (tertiary/aromatic N) is 1. The molecule has 0 radical (unpaired) electrons. The Morgan fingerprint density at radius 2 is 1.43 bits per heavy atom. The van der Waals surface area contributed by atoms with E-state index < -0.39 is 41.6 Å². The number of halogens is 1. The van der Waals surface area contributed by atoms with Gasteiger partial charge in [-0.1, -0.05) is 60.1 Å². The van der Waals surface area contributed by atoms with Gasteiger partial charge in [0.25, 0.3) is 11.8 Å². The van der Waals surface area contributed by atoms with Crippen LogP contribution in [-0.2, 0) is 4.79 Å². The molecule has 3 aromatic rings. The summed E-state index contributed by atoms with van der Waals surface area (Å²) in [6.07, 6.45) is 1.00. The maximum atomic E-state index is 12.9. The Morgan fingerprint density at radius 3 is 1.94 bits per heavy atom. The first-order valence-corrected chi connectivity index (χ1v) is 11.9. The highest BCUT2D eigenvalue weighted by molar-refractivity contribution is 6.30. The van der Waals surface area contributed by atoms with Gasteiger partial charge in [0.05, 0.1) is 17.7 Å². The molecule has 0 aromatic heterocycles. The van der Waals surface area contributed by atoms with Crippen molar-refractivity contribution in [1.29, 1.82) is 0 Å². The van der Waals surface area contributed by atoms with Gasteiger partial charge in [-0.3, -0.25) is 19.3 Å². The van der Waals surface area contributed by atoms with Crippen LogP contribution in [0, 0.1) is 11.3 Å². The molecular formula is C28H24ClNO5. The van der Waals surface area contributed by atoms with E-state index >= 15 is 0 Å². The third-order valence-electron chi connectivity index (χ3n) is 7.59. The number of imide groups is 1. The van der Waals surface area contributed by atoms with E-state index in [1.54, 1.807) is 24.3 Å². The number of amides is 2. The largest absolute Gasteiger partial charge is 0.481 e. The summed E-state index contributed by atoms with van der Waals surface area (Å²) < 4.78 is 0. The van der Waals surface area contributed by atoms with E-state index in [1.165, 1.54) is 0 Å². The van der Waals surface area contributed by atoms with Gasteiger partial charge in [0.15, 0.2) is 0 Å². The summed E-state index contributed by atoms with van der Waals surface area (Å²) in [5, 5.41) is 21.4. The van der Waals surface area contributed by atoms with Gasteiger partial charge in [-0.25, -0.2) is 0 Å². The van der Waals surface area contributed by atoms with E-state index in [2.05, 4.69) is 0 Å². The van der Waals surface area contributed by atoms with Gasteiger partial charge in [-0.05, 0) is 59.7 Å². The van der Waals surface area contributed by atoms with Crippen LogP contribution in [0.15, 0.2) is 72.8 Å². The van der Waals surface area contributed by atoms with Gasteiger partial charge in [-0.15, -0.1) is 0 Å². The summed E-state index contributed by atoms with van der Waals surface area (Å²) in [7, 11) is 0. The van der Waals surface area contributed by atoms with E-state index in [4.69, 9.17) is 11.6 Å². The summed E-state index contributed by atoms with van der Waals surface area (Å²) in [4.78, 5) is 39.6. The number of carbonyl (C=O) groups is 3. The molecule has 7 heteroatoms. The van der Waals surface area contributed by atoms with E-state index in [-0.39, 0.29) is 6.54 Å². The number of aliphatic hydroxyl groups is 1. The Balaban J connectivity index is 1.43. The van der Waals surface area contributed by atoms with Gasteiger partial charge in [0.1, 0.15) is 5.41 Å². The van der Waals surface area contributed by atoms with Crippen molar-refractivity contribution in [3.63, 3.8) is 0 Å². The second kappa shape index (κ2) is 8.95. The fourth-order valence-corrected chi connectivity index (χ4v) is 5.82. The van der Waals surface area contributed by atoms with Gasteiger partial charge in [-0.2, -0.15) is 0 Å². The molecule has 2 aliphatic rings. The number of rotatable bonds is 6. The minimum Gasteiger partial charge on any atom is -0.481 e. The number of carbonyl (C=O) groups excluding carboxylic acids is 2. The Kier molecular flexibility index (Phi) is 5.95. The van der Waals surface area contributed by atoms with Crippen LogP contribution >= 0.6 is 11.6 Å². The zero-order chi connectivity index (χ0) is 24.7. The maximum absolute atomic E-state index is 12.9. The molecule has 0 saturated heterocycles. The summed E-state index contributed by atoms with van der Waals surface area (Å²) in [6, 6.07) is 21.7. The summed E-state index contributed by atoms with van der Waals surface area (Å²) >= 11 is 5.98. The summed E-state index contributed by atoms with van der Waals surface area (Å²) in [6.45, 7) is -0.627. The van der Waals surface area contributed by atoms with Gasteiger partial charge in [0.2, 0.25) is 0 Å². The molecule has 0 spiro atoms. The Bertz CT molecular complexity index is 1270. The lowest BCUT2D eigenvalue weighted by Gasteiger charge is -2.36. The van der Waals surface area contributed by atoms with Crippen molar-refractivity contribution in [3.8, 4) is 11.1 Å². The molecule has 1 aliphatic heterocycles. The molecule has 2 N–H and O–H groups in total. The van der Waals surface area contributed by atoms with Crippen molar-refractivity contribution in [2.24, 2.45) is 11.3 Å². The highest BCUT2D eigenvalue weighted by atomic mass is 35.5. The van der Waals surface area contributed by atoms with Crippen molar-refractivity contribution < 1.29 is 24.6 Å².